The van der Waals surface area contributed by atoms with Gasteiger partial charge in [-0.3, -0.25) is 4.79 Å². The fourth-order valence-corrected chi connectivity index (χ4v) is 2.95. The summed E-state index contributed by atoms with van der Waals surface area (Å²) in [6.07, 6.45) is 3.44. The van der Waals surface area contributed by atoms with Gasteiger partial charge in [0.05, 0.1) is 10.6 Å². The number of aromatic nitrogens is 2. The lowest BCUT2D eigenvalue weighted by Gasteiger charge is -2.36. The second kappa shape index (κ2) is 6.25. The van der Waals surface area contributed by atoms with E-state index < -0.39 is 17.5 Å². The van der Waals surface area contributed by atoms with Crippen LogP contribution in [0.2, 0.25) is 5.02 Å². The number of benzene rings is 1. The summed E-state index contributed by atoms with van der Waals surface area (Å²) in [6.45, 7) is 1.55. The molecule has 1 atom stereocenters. The number of rotatable bonds is 2. The van der Waals surface area contributed by atoms with Crippen LogP contribution >= 0.6 is 11.6 Å². The molecule has 23 heavy (non-hydrogen) atoms. The molecule has 122 valence electrons. The van der Waals surface area contributed by atoms with Crippen molar-refractivity contribution in [2.75, 3.05) is 19.6 Å². The summed E-state index contributed by atoms with van der Waals surface area (Å²) in [4.78, 5) is 18.7. The molecule has 0 bridgehead atoms. The van der Waals surface area contributed by atoms with Gasteiger partial charge in [-0.15, -0.1) is 0 Å². The lowest BCUT2D eigenvalue weighted by atomic mass is 10.1. The van der Waals surface area contributed by atoms with E-state index in [0.717, 1.165) is 12.1 Å². The Labute approximate surface area is 136 Å². The standard InChI is InChI=1S/C15H15ClF2N4O/c1-21-4-3-20-14(21)13-8-19-2-5-22(13)15(23)9-6-11(17)12(18)7-10(9)16/h3-4,6-7,13,19H,2,5,8H2,1H3. The van der Waals surface area contributed by atoms with Crippen LogP contribution in [0.4, 0.5) is 8.78 Å². The summed E-state index contributed by atoms with van der Waals surface area (Å²) in [6, 6.07) is 1.36. The first kappa shape index (κ1) is 15.9. The third-order valence-corrected chi connectivity index (χ3v) is 4.21. The highest BCUT2D eigenvalue weighted by atomic mass is 35.5. The Morgan fingerprint density at radius 1 is 1.39 bits per heavy atom. The van der Waals surface area contributed by atoms with Crippen molar-refractivity contribution in [1.29, 1.82) is 0 Å². The monoisotopic (exact) mass is 340 g/mol. The van der Waals surface area contributed by atoms with Gasteiger partial charge in [-0.1, -0.05) is 11.6 Å². The fraction of sp³-hybridized carbons (Fsp3) is 0.333. The lowest BCUT2D eigenvalue weighted by Crippen LogP contribution is -2.49. The van der Waals surface area contributed by atoms with Gasteiger partial charge in [0.1, 0.15) is 11.9 Å². The molecule has 0 spiro atoms. The second-order valence-corrected chi connectivity index (χ2v) is 5.77. The molecule has 1 N–H and O–H groups in total. The van der Waals surface area contributed by atoms with E-state index in [4.69, 9.17) is 11.6 Å². The van der Waals surface area contributed by atoms with E-state index in [2.05, 4.69) is 10.3 Å². The Kier molecular flexibility index (Phi) is 4.32. The predicted molar refractivity (Wildman–Crippen MR) is 81.2 cm³/mol. The van der Waals surface area contributed by atoms with Gasteiger partial charge >= 0.3 is 0 Å². The zero-order chi connectivity index (χ0) is 16.6. The minimum Gasteiger partial charge on any atom is -0.336 e. The molecule has 1 aliphatic rings. The Balaban J connectivity index is 1.96. The van der Waals surface area contributed by atoms with Gasteiger partial charge in [-0.25, -0.2) is 13.8 Å². The summed E-state index contributed by atoms with van der Waals surface area (Å²) in [5.74, 6) is -1.90. The van der Waals surface area contributed by atoms with Crippen molar-refractivity contribution in [3.63, 3.8) is 0 Å². The van der Waals surface area contributed by atoms with Gasteiger partial charge in [0.25, 0.3) is 5.91 Å². The third kappa shape index (κ3) is 2.94. The molecular formula is C15H15ClF2N4O. The molecule has 8 heteroatoms. The Hall–Kier alpha value is -1.99. The van der Waals surface area contributed by atoms with Crippen LogP contribution in [-0.4, -0.2) is 40.0 Å². The second-order valence-electron chi connectivity index (χ2n) is 5.36. The first-order valence-electron chi connectivity index (χ1n) is 7.12. The maximum atomic E-state index is 13.5. The maximum Gasteiger partial charge on any atom is 0.256 e. The van der Waals surface area contributed by atoms with E-state index in [1.54, 1.807) is 17.3 Å². The molecule has 3 rings (SSSR count). The average molecular weight is 341 g/mol. The van der Waals surface area contributed by atoms with E-state index in [1.807, 2.05) is 11.6 Å². The van der Waals surface area contributed by atoms with Crippen molar-refractivity contribution in [1.82, 2.24) is 19.8 Å². The fourth-order valence-electron chi connectivity index (χ4n) is 2.72. The predicted octanol–water partition coefficient (Wildman–Crippen LogP) is 2.14. The quantitative estimate of drug-likeness (QED) is 0.852. The largest absolute Gasteiger partial charge is 0.336 e. The van der Waals surface area contributed by atoms with Gasteiger partial charge in [0, 0.05) is 39.1 Å². The first-order valence-corrected chi connectivity index (χ1v) is 7.50. The number of carbonyl (C=O) groups is 1. The van der Waals surface area contributed by atoms with Gasteiger partial charge in [-0.05, 0) is 12.1 Å². The van der Waals surface area contributed by atoms with E-state index in [0.29, 0.717) is 25.5 Å². The van der Waals surface area contributed by atoms with Crippen LogP contribution in [-0.2, 0) is 7.05 Å². The third-order valence-electron chi connectivity index (χ3n) is 3.90. The van der Waals surface area contributed by atoms with E-state index in [9.17, 15) is 13.6 Å². The first-order chi connectivity index (χ1) is 11.0. The number of hydrogen-bond acceptors (Lipinski definition) is 3. The zero-order valence-electron chi connectivity index (χ0n) is 12.4. The summed E-state index contributed by atoms with van der Waals surface area (Å²) in [5, 5.41) is 3.10. The highest BCUT2D eigenvalue weighted by molar-refractivity contribution is 6.33. The molecule has 0 saturated carbocycles. The maximum absolute atomic E-state index is 13.5. The van der Waals surface area contributed by atoms with Crippen LogP contribution in [0.3, 0.4) is 0 Å². The zero-order valence-corrected chi connectivity index (χ0v) is 13.1. The van der Waals surface area contributed by atoms with Crippen molar-refractivity contribution in [2.24, 2.45) is 7.05 Å². The molecule has 1 amide bonds. The smallest absolute Gasteiger partial charge is 0.256 e. The van der Waals surface area contributed by atoms with Crippen molar-refractivity contribution in [3.05, 3.63) is 52.6 Å². The lowest BCUT2D eigenvalue weighted by molar-refractivity contribution is 0.0620. The molecule has 2 heterocycles. The van der Waals surface area contributed by atoms with Gasteiger partial charge in [-0.2, -0.15) is 0 Å². The number of imidazole rings is 1. The molecule has 1 unspecified atom stereocenters. The van der Waals surface area contributed by atoms with E-state index in [-0.39, 0.29) is 16.6 Å². The number of nitrogens with one attached hydrogen (secondary N) is 1. The number of aryl methyl sites for hydroxylation is 1. The van der Waals surface area contributed by atoms with E-state index in [1.165, 1.54) is 0 Å². The molecule has 5 nitrogen and oxygen atoms in total. The Morgan fingerprint density at radius 3 is 2.83 bits per heavy atom. The summed E-state index contributed by atoms with van der Waals surface area (Å²) < 4.78 is 28.5. The Morgan fingerprint density at radius 2 is 2.13 bits per heavy atom. The molecule has 2 aromatic rings. The van der Waals surface area contributed by atoms with E-state index >= 15 is 0 Å². The van der Waals surface area contributed by atoms with Crippen molar-refractivity contribution in [2.45, 2.75) is 6.04 Å². The molecule has 1 aliphatic heterocycles. The number of carbonyl (C=O) groups excluding carboxylic acids is 1. The number of amides is 1. The highest BCUT2D eigenvalue weighted by Gasteiger charge is 2.32. The SMILES string of the molecule is Cn1ccnc1C1CNCCN1C(=O)c1cc(F)c(F)cc1Cl. The van der Waals surface area contributed by atoms with Crippen molar-refractivity contribution in [3.8, 4) is 0 Å². The van der Waals surface area contributed by atoms with Crippen LogP contribution in [0.5, 0.6) is 0 Å². The molecule has 0 aliphatic carbocycles. The molecule has 1 aromatic heterocycles. The van der Waals surface area contributed by atoms with Crippen molar-refractivity contribution < 1.29 is 13.6 Å². The normalized spacial score (nSPS) is 18.3. The molecule has 1 fully saturated rings. The van der Waals surface area contributed by atoms with Crippen molar-refractivity contribution >= 4 is 17.5 Å². The van der Waals surface area contributed by atoms with Crippen LogP contribution in [0.1, 0.15) is 22.2 Å². The van der Waals surface area contributed by atoms with Crippen LogP contribution in [0.25, 0.3) is 0 Å². The topological polar surface area (TPSA) is 50.2 Å². The van der Waals surface area contributed by atoms with Crippen LogP contribution < -0.4 is 5.32 Å². The van der Waals surface area contributed by atoms with Gasteiger partial charge in [0.2, 0.25) is 0 Å². The summed E-state index contributed by atoms with van der Waals surface area (Å²) >= 11 is 5.93. The summed E-state index contributed by atoms with van der Waals surface area (Å²) in [7, 11) is 1.84. The minimum atomic E-state index is -1.10. The Bertz CT molecular complexity index is 749. The number of piperazine rings is 1. The van der Waals surface area contributed by atoms with Gasteiger partial charge in [0.15, 0.2) is 11.6 Å². The highest BCUT2D eigenvalue weighted by Crippen LogP contribution is 2.27. The molecule has 1 aromatic carbocycles. The molecule has 0 radical (unpaired) electrons. The molecular weight excluding hydrogens is 326 g/mol. The summed E-state index contributed by atoms with van der Waals surface area (Å²) in [5.41, 5.74) is -0.0494. The number of hydrogen-bond donors (Lipinski definition) is 1. The average Bonchev–Trinajstić information content (AvgIpc) is 2.96. The van der Waals surface area contributed by atoms with Crippen LogP contribution in [0.15, 0.2) is 24.5 Å². The minimum absolute atomic E-state index is 0.0494. The van der Waals surface area contributed by atoms with Crippen LogP contribution in [0, 0.1) is 11.6 Å². The molecule has 1 saturated heterocycles. The number of nitrogens with zero attached hydrogens (tertiary/aromatic N) is 3. The van der Waals surface area contributed by atoms with Gasteiger partial charge < -0.3 is 14.8 Å². The number of halogens is 3.